The molecule has 1 amide bonds. The minimum absolute atomic E-state index is 0.135. The van der Waals surface area contributed by atoms with Crippen LogP contribution in [0, 0.1) is 40.4 Å². The average molecular weight is 581 g/mol. The molecule has 0 radical (unpaired) electrons. The molecule has 0 spiro atoms. The molecule has 6 rings (SSSR count). The summed E-state index contributed by atoms with van der Waals surface area (Å²) < 4.78 is 10.7. The Bertz CT molecular complexity index is 1180. The maximum atomic E-state index is 13.3. The predicted molar refractivity (Wildman–Crippen MR) is 164 cm³/mol. The van der Waals surface area contributed by atoms with E-state index in [1.807, 2.05) is 4.90 Å². The van der Waals surface area contributed by atoms with Crippen molar-refractivity contribution in [2.75, 3.05) is 45.3 Å². The molecular weight excluding hydrogens is 528 g/mol. The fourth-order valence-electron chi connectivity index (χ4n) is 10.3. The van der Waals surface area contributed by atoms with Crippen LogP contribution >= 0.6 is 0 Å². The Hall–Kier alpha value is -2.35. The topological polar surface area (TPSA) is 88.0 Å². The molecule has 8 heteroatoms. The Kier molecular flexibility index (Phi) is 8.22. The number of hydrogen-bond donors (Lipinski definition) is 1. The van der Waals surface area contributed by atoms with E-state index in [0.717, 1.165) is 62.3 Å². The van der Waals surface area contributed by atoms with Crippen LogP contribution in [0.15, 0.2) is 17.8 Å². The van der Waals surface area contributed by atoms with E-state index in [-0.39, 0.29) is 12.0 Å². The number of aliphatic hydroxyl groups excluding tert-OH is 1. The van der Waals surface area contributed by atoms with Crippen molar-refractivity contribution >= 4 is 11.7 Å². The Morgan fingerprint density at radius 1 is 1.07 bits per heavy atom. The molecule has 42 heavy (non-hydrogen) atoms. The molecule has 2 heterocycles. The summed E-state index contributed by atoms with van der Waals surface area (Å²) in [5, 5.41) is 10.3. The summed E-state index contributed by atoms with van der Waals surface area (Å²) in [5.41, 5.74) is 2.25. The van der Waals surface area contributed by atoms with Crippen molar-refractivity contribution in [3.05, 3.63) is 17.8 Å². The van der Waals surface area contributed by atoms with E-state index >= 15 is 0 Å². The lowest BCUT2D eigenvalue weighted by atomic mass is 9.47. The summed E-state index contributed by atoms with van der Waals surface area (Å²) in [4.78, 5) is 26.2. The lowest BCUT2D eigenvalue weighted by Gasteiger charge is -2.58. The number of nitrogens with zero attached hydrogens (tertiary/aromatic N) is 4. The molecule has 232 valence electrons. The number of methoxy groups -OCH3 is 2. The van der Waals surface area contributed by atoms with Gasteiger partial charge < -0.3 is 24.4 Å². The number of piperazine rings is 1. The van der Waals surface area contributed by atoms with Gasteiger partial charge in [-0.3, -0.25) is 4.79 Å². The number of anilines is 1. The molecule has 0 bridgehead atoms. The molecule has 3 saturated carbocycles. The second kappa shape index (κ2) is 11.6. The number of allylic oxidation sites excluding steroid dienone is 1. The van der Waals surface area contributed by atoms with Gasteiger partial charge >= 0.3 is 6.01 Å². The molecule has 1 aliphatic heterocycles. The van der Waals surface area contributed by atoms with Gasteiger partial charge in [0.2, 0.25) is 5.91 Å². The summed E-state index contributed by atoms with van der Waals surface area (Å²) in [6.07, 6.45) is 15.2. The van der Waals surface area contributed by atoms with Crippen LogP contribution in [0.1, 0.15) is 85.0 Å². The third-order valence-electron chi connectivity index (χ3n) is 12.7. The highest BCUT2D eigenvalue weighted by Gasteiger charge is 2.59. The van der Waals surface area contributed by atoms with Crippen LogP contribution < -0.4 is 14.4 Å². The van der Waals surface area contributed by atoms with Gasteiger partial charge in [-0.1, -0.05) is 32.4 Å². The SMILES string of the molecule is COc1ncc(OC)c(N2CCN(C(=O)CC[C@@H](C)[C@H]3CC[C@H]4[C@@H]5CC=C6C[C@@H](O)CC[C@]6(C)[C@H]5CC[C@]34C)CC2)n1. The van der Waals surface area contributed by atoms with Gasteiger partial charge in [-0.25, -0.2) is 0 Å². The smallest absolute Gasteiger partial charge is 0.318 e. The number of aromatic nitrogens is 2. The zero-order chi connectivity index (χ0) is 29.6. The second-order valence-corrected chi connectivity index (χ2v) is 14.5. The van der Waals surface area contributed by atoms with E-state index < -0.39 is 0 Å². The number of rotatable bonds is 7. The van der Waals surface area contributed by atoms with Crippen LogP contribution in [-0.2, 0) is 4.79 Å². The first-order chi connectivity index (χ1) is 20.2. The fraction of sp³-hybridized carbons (Fsp3) is 0.794. The summed E-state index contributed by atoms with van der Waals surface area (Å²) in [6, 6.07) is 0.322. The van der Waals surface area contributed by atoms with Crippen molar-refractivity contribution in [1.29, 1.82) is 0 Å². The van der Waals surface area contributed by atoms with Gasteiger partial charge in [0.15, 0.2) is 11.6 Å². The van der Waals surface area contributed by atoms with E-state index in [0.29, 0.717) is 53.9 Å². The highest BCUT2D eigenvalue weighted by Crippen LogP contribution is 2.67. The van der Waals surface area contributed by atoms with Gasteiger partial charge in [0, 0.05) is 32.6 Å². The number of carbonyl (C=O) groups is 1. The summed E-state index contributed by atoms with van der Waals surface area (Å²) in [6.45, 7) is 10.4. The molecule has 4 aliphatic carbocycles. The lowest BCUT2D eigenvalue weighted by molar-refractivity contribution is -0.132. The zero-order valence-corrected chi connectivity index (χ0v) is 26.5. The lowest BCUT2D eigenvalue weighted by Crippen LogP contribution is -2.51. The summed E-state index contributed by atoms with van der Waals surface area (Å²) >= 11 is 0. The molecule has 1 saturated heterocycles. The predicted octanol–water partition coefficient (Wildman–Crippen LogP) is 5.50. The van der Waals surface area contributed by atoms with Gasteiger partial charge in [-0.05, 0) is 98.2 Å². The van der Waals surface area contributed by atoms with E-state index in [9.17, 15) is 9.90 Å². The normalized spacial score (nSPS) is 36.8. The van der Waals surface area contributed by atoms with Gasteiger partial charge in [0.1, 0.15) is 0 Å². The Morgan fingerprint density at radius 3 is 2.60 bits per heavy atom. The molecule has 1 N–H and O–H groups in total. The maximum absolute atomic E-state index is 13.3. The molecule has 1 aromatic heterocycles. The van der Waals surface area contributed by atoms with Crippen LogP contribution in [0.4, 0.5) is 5.82 Å². The first-order valence-electron chi connectivity index (χ1n) is 16.5. The number of ether oxygens (including phenoxy) is 2. The van der Waals surface area contributed by atoms with Crippen LogP contribution in [-0.4, -0.2) is 72.4 Å². The molecule has 0 aromatic carbocycles. The van der Waals surface area contributed by atoms with Crippen LogP contribution in [0.25, 0.3) is 0 Å². The summed E-state index contributed by atoms with van der Waals surface area (Å²) in [5.74, 6) is 5.27. The van der Waals surface area contributed by atoms with Crippen molar-refractivity contribution in [2.45, 2.75) is 91.1 Å². The Balaban J connectivity index is 1.03. The van der Waals surface area contributed by atoms with E-state index in [4.69, 9.17) is 9.47 Å². The number of hydrogen-bond acceptors (Lipinski definition) is 7. The number of aliphatic hydroxyl groups is 1. The van der Waals surface area contributed by atoms with Gasteiger partial charge in [0.05, 0.1) is 26.5 Å². The molecule has 1 aromatic rings. The van der Waals surface area contributed by atoms with Crippen molar-refractivity contribution in [3.8, 4) is 11.8 Å². The fourth-order valence-corrected chi connectivity index (χ4v) is 10.3. The van der Waals surface area contributed by atoms with Crippen molar-refractivity contribution < 1.29 is 19.4 Å². The van der Waals surface area contributed by atoms with Gasteiger partial charge in [-0.2, -0.15) is 9.97 Å². The first kappa shape index (κ1) is 29.7. The zero-order valence-electron chi connectivity index (χ0n) is 26.5. The maximum Gasteiger partial charge on any atom is 0.318 e. The minimum atomic E-state index is -0.135. The number of fused-ring (bicyclic) bond motifs is 5. The van der Waals surface area contributed by atoms with Crippen molar-refractivity contribution in [3.63, 3.8) is 0 Å². The average Bonchev–Trinajstić information content (AvgIpc) is 3.37. The van der Waals surface area contributed by atoms with E-state index in [1.54, 1.807) is 26.0 Å². The number of carbonyl (C=O) groups excluding carboxylic acids is 1. The monoisotopic (exact) mass is 580 g/mol. The largest absolute Gasteiger partial charge is 0.491 e. The minimum Gasteiger partial charge on any atom is -0.491 e. The van der Waals surface area contributed by atoms with Crippen LogP contribution in [0.3, 0.4) is 0 Å². The molecule has 8 atom stereocenters. The molecule has 5 aliphatic rings. The Labute approximate surface area is 252 Å². The molecule has 8 nitrogen and oxygen atoms in total. The number of amides is 1. The van der Waals surface area contributed by atoms with Crippen molar-refractivity contribution in [1.82, 2.24) is 14.9 Å². The van der Waals surface area contributed by atoms with Gasteiger partial charge in [-0.15, -0.1) is 0 Å². The molecule has 4 fully saturated rings. The van der Waals surface area contributed by atoms with Crippen molar-refractivity contribution in [2.24, 2.45) is 40.4 Å². The van der Waals surface area contributed by atoms with E-state index in [1.165, 1.54) is 32.1 Å². The first-order valence-corrected chi connectivity index (χ1v) is 16.5. The van der Waals surface area contributed by atoms with Crippen LogP contribution in [0.2, 0.25) is 0 Å². The highest BCUT2D eigenvalue weighted by atomic mass is 16.5. The highest BCUT2D eigenvalue weighted by molar-refractivity contribution is 5.76. The second-order valence-electron chi connectivity index (χ2n) is 14.5. The third kappa shape index (κ3) is 5.09. The summed E-state index contributed by atoms with van der Waals surface area (Å²) in [7, 11) is 3.19. The molecule has 0 unspecified atom stereocenters. The van der Waals surface area contributed by atoms with Gasteiger partial charge in [0.25, 0.3) is 0 Å². The molecular formula is C34H52N4O4. The van der Waals surface area contributed by atoms with E-state index in [2.05, 4.69) is 41.7 Å². The standard InChI is InChI=1S/C34H52N4O4/c1-22(6-11-30(40)37-16-18-38(19-17-37)31-29(41-4)21-35-32(36-31)42-5)26-9-10-27-25-8-7-23-20-24(39)12-14-33(23,2)28(25)13-15-34(26,27)3/h7,21-22,24-28,39H,6,8-20H2,1-5H3/t22-,24+,25+,26-,27+,28+,33+,34-/m1/s1. The quantitative estimate of drug-likeness (QED) is 0.426. The van der Waals surface area contributed by atoms with Crippen LogP contribution in [0.5, 0.6) is 11.8 Å². The Morgan fingerprint density at radius 2 is 1.86 bits per heavy atom. The third-order valence-corrected chi connectivity index (χ3v) is 12.7.